The summed E-state index contributed by atoms with van der Waals surface area (Å²) in [6.07, 6.45) is 1.44. The van der Waals surface area contributed by atoms with Crippen molar-refractivity contribution >= 4 is 41.3 Å². The average Bonchev–Trinajstić information content (AvgIpc) is 3.28. The van der Waals surface area contributed by atoms with Gasteiger partial charge in [0.25, 0.3) is 5.91 Å². The molecule has 0 saturated carbocycles. The molecule has 0 atom stereocenters. The van der Waals surface area contributed by atoms with Crippen LogP contribution in [0.25, 0.3) is 0 Å². The van der Waals surface area contributed by atoms with Crippen molar-refractivity contribution in [3.63, 3.8) is 0 Å². The summed E-state index contributed by atoms with van der Waals surface area (Å²) in [6, 6.07) is 12.6. The van der Waals surface area contributed by atoms with E-state index in [0.29, 0.717) is 45.2 Å². The lowest BCUT2D eigenvalue weighted by Crippen LogP contribution is -2.24. The minimum atomic E-state index is -1.16. The monoisotopic (exact) mass is 506 g/mol. The number of carboxylic acids is 1. The van der Waals surface area contributed by atoms with Crippen LogP contribution in [0.15, 0.2) is 58.0 Å². The molecule has 1 aromatic heterocycles. The number of hydrogen-bond donors (Lipinski definition) is 2. The molecule has 3 aromatic rings. The number of aromatic carboxylic acids is 1. The van der Waals surface area contributed by atoms with E-state index in [2.05, 4.69) is 10.5 Å². The summed E-state index contributed by atoms with van der Waals surface area (Å²) in [5.74, 6) is -0.234. The van der Waals surface area contributed by atoms with Crippen LogP contribution in [0.5, 0.6) is 17.2 Å². The third-order valence-corrected chi connectivity index (χ3v) is 4.70. The largest absolute Gasteiger partial charge is 0.490 e. The molecule has 0 aliphatic carbocycles. The van der Waals surface area contributed by atoms with Crippen molar-refractivity contribution in [3.8, 4) is 17.2 Å². The molecule has 2 N–H and O–H groups in total. The second-order valence-electron chi connectivity index (χ2n) is 6.66. The van der Waals surface area contributed by atoms with Gasteiger partial charge in [-0.2, -0.15) is 5.10 Å². The molecule has 0 saturated heterocycles. The van der Waals surface area contributed by atoms with Gasteiger partial charge in [-0.1, -0.05) is 23.2 Å². The Morgan fingerprint density at radius 3 is 2.53 bits per heavy atom. The van der Waals surface area contributed by atoms with E-state index in [1.54, 1.807) is 30.3 Å². The molecule has 0 spiro atoms. The number of amides is 1. The van der Waals surface area contributed by atoms with E-state index >= 15 is 0 Å². The zero-order valence-corrected chi connectivity index (χ0v) is 19.4. The predicted molar refractivity (Wildman–Crippen MR) is 125 cm³/mol. The number of hydrazone groups is 1. The molecule has 1 amide bonds. The normalized spacial score (nSPS) is 10.8. The van der Waals surface area contributed by atoms with E-state index in [0.717, 1.165) is 0 Å². The van der Waals surface area contributed by atoms with Crippen molar-refractivity contribution in [2.24, 2.45) is 5.10 Å². The Morgan fingerprint density at radius 2 is 1.82 bits per heavy atom. The first-order valence-corrected chi connectivity index (χ1v) is 10.7. The lowest BCUT2D eigenvalue weighted by atomic mass is 10.2. The van der Waals surface area contributed by atoms with Gasteiger partial charge in [0.15, 0.2) is 18.1 Å². The van der Waals surface area contributed by atoms with E-state index in [4.69, 9.17) is 46.9 Å². The van der Waals surface area contributed by atoms with Gasteiger partial charge in [-0.25, -0.2) is 10.2 Å². The first kappa shape index (κ1) is 24.9. The highest BCUT2D eigenvalue weighted by Crippen LogP contribution is 2.29. The number of halogens is 2. The fourth-order valence-electron chi connectivity index (χ4n) is 2.66. The van der Waals surface area contributed by atoms with Crippen LogP contribution in [-0.2, 0) is 11.4 Å². The lowest BCUT2D eigenvalue weighted by molar-refractivity contribution is -0.123. The second-order valence-corrected chi connectivity index (χ2v) is 7.50. The topological polar surface area (TPSA) is 120 Å². The van der Waals surface area contributed by atoms with Crippen molar-refractivity contribution in [1.29, 1.82) is 0 Å². The van der Waals surface area contributed by atoms with Crippen molar-refractivity contribution in [2.75, 3.05) is 13.2 Å². The molecule has 0 fully saturated rings. The van der Waals surface area contributed by atoms with Gasteiger partial charge < -0.3 is 23.7 Å². The summed E-state index contributed by atoms with van der Waals surface area (Å²) in [4.78, 5) is 22.9. The molecule has 3 rings (SSSR count). The number of carbonyl (C=O) groups excluding carboxylic acids is 1. The van der Waals surface area contributed by atoms with Gasteiger partial charge in [0, 0.05) is 5.02 Å². The van der Waals surface area contributed by atoms with Crippen molar-refractivity contribution in [3.05, 3.63) is 75.7 Å². The number of hydrogen-bond acceptors (Lipinski definition) is 7. The molecule has 0 aliphatic heterocycles. The minimum absolute atomic E-state index is 0.0223. The maximum Gasteiger partial charge on any atom is 0.371 e. The van der Waals surface area contributed by atoms with Gasteiger partial charge in [-0.05, 0) is 61.0 Å². The first-order chi connectivity index (χ1) is 16.4. The van der Waals surface area contributed by atoms with E-state index in [-0.39, 0.29) is 19.0 Å². The molecule has 0 bridgehead atoms. The predicted octanol–water partition coefficient (Wildman–Crippen LogP) is 4.79. The number of nitrogens with zero attached hydrogens (tertiary/aromatic N) is 1. The first-order valence-electron chi connectivity index (χ1n) is 9.97. The van der Waals surface area contributed by atoms with Gasteiger partial charge >= 0.3 is 5.97 Å². The van der Waals surface area contributed by atoms with E-state index in [1.165, 1.54) is 24.4 Å². The average molecular weight is 507 g/mol. The smallest absolute Gasteiger partial charge is 0.371 e. The maximum atomic E-state index is 12.0. The number of benzene rings is 2. The Labute approximate surface area is 204 Å². The third kappa shape index (κ3) is 7.16. The Morgan fingerprint density at radius 1 is 1.03 bits per heavy atom. The van der Waals surface area contributed by atoms with Gasteiger partial charge in [0.05, 0.1) is 17.8 Å². The van der Waals surface area contributed by atoms with Crippen LogP contribution >= 0.6 is 23.2 Å². The summed E-state index contributed by atoms with van der Waals surface area (Å²) in [5, 5.41) is 13.6. The summed E-state index contributed by atoms with van der Waals surface area (Å²) in [7, 11) is 0. The zero-order chi connectivity index (χ0) is 24.5. The molecule has 0 aliphatic rings. The maximum absolute atomic E-state index is 12.0. The summed E-state index contributed by atoms with van der Waals surface area (Å²) in [5.41, 5.74) is 3.00. The van der Waals surface area contributed by atoms with Crippen LogP contribution in [0.1, 0.15) is 28.8 Å². The summed E-state index contributed by atoms with van der Waals surface area (Å²) < 4.78 is 21.8. The second kappa shape index (κ2) is 12.0. The number of furan rings is 1. The van der Waals surface area contributed by atoms with Crippen LogP contribution in [0, 0.1) is 0 Å². The molecule has 0 radical (unpaired) electrons. The molecular formula is C23H20Cl2N2O7. The molecule has 11 heteroatoms. The number of nitrogens with one attached hydrogen (secondary N) is 1. The Balaban J connectivity index is 1.55. The highest BCUT2D eigenvalue weighted by atomic mass is 35.5. The molecule has 2 aromatic carbocycles. The highest BCUT2D eigenvalue weighted by molar-refractivity contribution is 6.35. The molecule has 0 unspecified atom stereocenters. The molecular weight excluding hydrogens is 487 g/mol. The zero-order valence-electron chi connectivity index (χ0n) is 17.9. The van der Waals surface area contributed by atoms with E-state index < -0.39 is 11.9 Å². The van der Waals surface area contributed by atoms with E-state index in [9.17, 15) is 9.59 Å². The lowest BCUT2D eigenvalue weighted by Gasteiger charge is -2.11. The van der Waals surface area contributed by atoms with Crippen LogP contribution in [0.3, 0.4) is 0 Å². The Bertz CT molecular complexity index is 1190. The standard InChI is InChI=1S/C23H20Cl2N2O7/c1-2-31-21-9-14(3-6-19(21)32-12-16-5-8-20(34-16)23(29)30)11-26-27-22(28)13-33-18-7-4-15(24)10-17(18)25/h3-11H,2,12-13H2,1H3,(H,27,28)(H,29,30). The molecule has 9 nitrogen and oxygen atoms in total. The van der Waals surface area contributed by atoms with Crippen LogP contribution in [-0.4, -0.2) is 36.4 Å². The Hall–Kier alpha value is -3.69. The number of carboxylic acid groups (broad SMARTS) is 1. The Kier molecular flexibility index (Phi) is 8.78. The highest BCUT2D eigenvalue weighted by Gasteiger charge is 2.11. The van der Waals surface area contributed by atoms with Crippen molar-refractivity contribution in [2.45, 2.75) is 13.5 Å². The molecule has 178 valence electrons. The number of ether oxygens (including phenoxy) is 3. The number of carbonyl (C=O) groups is 2. The van der Waals surface area contributed by atoms with Crippen molar-refractivity contribution < 1.29 is 33.3 Å². The van der Waals surface area contributed by atoms with Gasteiger partial charge in [-0.15, -0.1) is 0 Å². The number of rotatable bonds is 11. The van der Waals surface area contributed by atoms with Crippen LogP contribution < -0.4 is 19.6 Å². The fourth-order valence-corrected chi connectivity index (χ4v) is 3.12. The molecule has 34 heavy (non-hydrogen) atoms. The van der Waals surface area contributed by atoms with E-state index in [1.807, 2.05) is 6.92 Å². The summed E-state index contributed by atoms with van der Waals surface area (Å²) >= 11 is 11.8. The van der Waals surface area contributed by atoms with Gasteiger partial charge in [-0.3, -0.25) is 4.79 Å². The third-order valence-electron chi connectivity index (χ3n) is 4.17. The quantitative estimate of drug-likeness (QED) is 0.283. The van der Waals surface area contributed by atoms with Crippen molar-refractivity contribution in [1.82, 2.24) is 5.43 Å². The van der Waals surface area contributed by atoms with Gasteiger partial charge in [0.2, 0.25) is 5.76 Å². The minimum Gasteiger partial charge on any atom is -0.490 e. The summed E-state index contributed by atoms with van der Waals surface area (Å²) in [6.45, 7) is 1.95. The SMILES string of the molecule is CCOc1cc(C=NNC(=O)COc2ccc(Cl)cc2Cl)ccc1OCc1ccc(C(=O)O)o1. The van der Waals surface area contributed by atoms with Gasteiger partial charge in [0.1, 0.15) is 18.1 Å². The fraction of sp³-hybridized carbons (Fsp3) is 0.174. The van der Waals surface area contributed by atoms with Crippen LogP contribution in [0.4, 0.5) is 0 Å². The van der Waals surface area contributed by atoms with Crippen LogP contribution in [0.2, 0.25) is 10.0 Å². The molecule has 1 heterocycles.